The van der Waals surface area contributed by atoms with Crippen molar-refractivity contribution in [3.8, 4) is 23.4 Å². The first-order valence-corrected chi connectivity index (χ1v) is 8.28. The lowest BCUT2D eigenvalue weighted by molar-refractivity contribution is -0.111. The van der Waals surface area contributed by atoms with Crippen LogP contribution in [0.25, 0.3) is 11.5 Å². The van der Waals surface area contributed by atoms with Crippen LogP contribution in [-0.4, -0.2) is 25.7 Å². The van der Waals surface area contributed by atoms with Gasteiger partial charge in [-0.05, 0) is 33.1 Å². The van der Waals surface area contributed by atoms with E-state index in [1.165, 1.54) is 0 Å². The van der Waals surface area contributed by atoms with Gasteiger partial charge in [-0.3, -0.25) is 9.48 Å². The number of H-pyrrole nitrogens is 1. The standard InChI is InChI=1S/C18H24N6O/c1-5-7-8-10-13-17(19)22-18(21-13)16-14(20-15(25)9-6-2)11-24(23-16)12(3)4/h7-8,11-12H,5,10,19H2,1-4H3,(H,20,25)(H,21,22)/b8-7+. The van der Waals surface area contributed by atoms with Crippen LogP contribution in [0, 0.1) is 11.8 Å². The Balaban J connectivity index is 2.39. The number of rotatable bonds is 6. The monoisotopic (exact) mass is 340 g/mol. The number of carbonyl (C=O) groups is 1. The van der Waals surface area contributed by atoms with Gasteiger partial charge in [0, 0.05) is 18.7 Å². The van der Waals surface area contributed by atoms with E-state index in [1.807, 2.05) is 19.9 Å². The number of imidazole rings is 1. The topological polar surface area (TPSA) is 102 Å². The lowest BCUT2D eigenvalue weighted by Gasteiger charge is -2.02. The third kappa shape index (κ3) is 4.51. The van der Waals surface area contributed by atoms with Crippen molar-refractivity contribution >= 4 is 17.4 Å². The van der Waals surface area contributed by atoms with Crippen LogP contribution >= 0.6 is 0 Å². The Hall–Kier alpha value is -3.01. The van der Waals surface area contributed by atoms with E-state index >= 15 is 0 Å². The molecule has 25 heavy (non-hydrogen) atoms. The Morgan fingerprint density at radius 2 is 2.24 bits per heavy atom. The number of nitrogens with two attached hydrogens (primary N) is 1. The minimum Gasteiger partial charge on any atom is -0.382 e. The zero-order valence-electron chi connectivity index (χ0n) is 15.1. The van der Waals surface area contributed by atoms with Crippen molar-refractivity contribution in [1.82, 2.24) is 19.7 Å². The maximum absolute atomic E-state index is 11.8. The van der Waals surface area contributed by atoms with Gasteiger partial charge in [0.1, 0.15) is 5.82 Å². The highest BCUT2D eigenvalue weighted by Crippen LogP contribution is 2.27. The van der Waals surface area contributed by atoms with E-state index in [9.17, 15) is 4.79 Å². The molecule has 2 rings (SSSR count). The molecule has 0 unspecified atom stereocenters. The first kappa shape index (κ1) is 18.3. The number of allylic oxidation sites excluding steroid dienone is 2. The summed E-state index contributed by atoms with van der Waals surface area (Å²) in [4.78, 5) is 19.4. The third-order valence-electron chi connectivity index (χ3n) is 3.51. The van der Waals surface area contributed by atoms with E-state index in [1.54, 1.807) is 17.8 Å². The van der Waals surface area contributed by atoms with Crippen LogP contribution in [0.2, 0.25) is 0 Å². The summed E-state index contributed by atoms with van der Waals surface area (Å²) in [7, 11) is 0. The zero-order chi connectivity index (χ0) is 18.4. The third-order valence-corrected chi connectivity index (χ3v) is 3.51. The van der Waals surface area contributed by atoms with Crippen molar-refractivity contribution in [2.75, 3.05) is 11.1 Å². The average Bonchev–Trinajstić information content (AvgIpc) is 3.12. The highest BCUT2D eigenvalue weighted by atomic mass is 16.1. The molecular weight excluding hydrogens is 316 g/mol. The summed E-state index contributed by atoms with van der Waals surface area (Å²) >= 11 is 0. The van der Waals surface area contributed by atoms with Gasteiger partial charge in [-0.1, -0.05) is 25.0 Å². The van der Waals surface area contributed by atoms with Crippen molar-refractivity contribution in [3.05, 3.63) is 24.0 Å². The Morgan fingerprint density at radius 1 is 1.48 bits per heavy atom. The lowest BCUT2D eigenvalue weighted by Crippen LogP contribution is -2.08. The first-order valence-electron chi connectivity index (χ1n) is 8.28. The molecule has 0 bridgehead atoms. The van der Waals surface area contributed by atoms with Crippen LogP contribution in [0.3, 0.4) is 0 Å². The Morgan fingerprint density at radius 3 is 2.88 bits per heavy atom. The van der Waals surface area contributed by atoms with Gasteiger partial charge in [0.15, 0.2) is 11.5 Å². The number of carbonyl (C=O) groups excluding carboxylic acids is 1. The van der Waals surface area contributed by atoms with E-state index in [0.717, 1.165) is 12.1 Å². The van der Waals surface area contributed by atoms with Crippen LogP contribution < -0.4 is 11.1 Å². The predicted octanol–water partition coefficient (Wildman–Crippen LogP) is 2.91. The van der Waals surface area contributed by atoms with Crippen molar-refractivity contribution in [1.29, 1.82) is 0 Å². The van der Waals surface area contributed by atoms with Crippen molar-refractivity contribution in [2.24, 2.45) is 0 Å². The van der Waals surface area contributed by atoms with E-state index in [0.29, 0.717) is 29.4 Å². The summed E-state index contributed by atoms with van der Waals surface area (Å²) in [5, 5.41) is 7.29. The summed E-state index contributed by atoms with van der Waals surface area (Å²) in [6.07, 6.45) is 7.52. The van der Waals surface area contributed by atoms with Gasteiger partial charge in [0.05, 0.1) is 11.4 Å². The molecule has 2 heterocycles. The lowest BCUT2D eigenvalue weighted by atomic mass is 10.3. The van der Waals surface area contributed by atoms with Crippen LogP contribution in [-0.2, 0) is 11.2 Å². The Bertz CT molecular complexity index is 832. The number of hydrogen-bond donors (Lipinski definition) is 3. The fourth-order valence-electron chi connectivity index (χ4n) is 2.25. The van der Waals surface area contributed by atoms with Gasteiger partial charge in [-0.15, -0.1) is 0 Å². The maximum atomic E-state index is 11.8. The van der Waals surface area contributed by atoms with Gasteiger partial charge in [-0.25, -0.2) is 4.98 Å². The van der Waals surface area contributed by atoms with Crippen molar-refractivity contribution in [2.45, 2.75) is 46.6 Å². The molecule has 0 atom stereocenters. The number of nitrogens with zero attached hydrogens (tertiary/aromatic N) is 3. The fourth-order valence-corrected chi connectivity index (χ4v) is 2.25. The second-order valence-electron chi connectivity index (χ2n) is 5.83. The molecule has 0 aliphatic rings. The van der Waals surface area contributed by atoms with Crippen molar-refractivity contribution < 1.29 is 4.79 Å². The number of hydrogen-bond acceptors (Lipinski definition) is 4. The first-order chi connectivity index (χ1) is 12.0. The molecule has 1 amide bonds. The van der Waals surface area contributed by atoms with E-state index < -0.39 is 5.91 Å². The Kier molecular flexibility index (Phi) is 6.01. The molecule has 0 aliphatic heterocycles. The van der Waals surface area contributed by atoms with Crippen LogP contribution in [0.5, 0.6) is 0 Å². The zero-order valence-corrected chi connectivity index (χ0v) is 15.1. The number of aromatic amines is 1. The second-order valence-corrected chi connectivity index (χ2v) is 5.83. The van der Waals surface area contributed by atoms with E-state index in [4.69, 9.17) is 5.73 Å². The summed E-state index contributed by atoms with van der Waals surface area (Å²) in [5.74, 6) is 5.60. The summed E-state index contributed by atoms with van der Waals surface area (Å²) in [6, 6.07) is 0.140. The van der Waals surface area contributed by atoms with Gasteiger partial charge in [0.2, 0.25) is 0 Å². The smallest absolute Gasteiger partial charge is 0.300 e. The quantitative estimate of drug-likeness (QED) is 0.556. The summed E-state index contributed by atoms with van der Waals surface area (Å²) in [6.45, 7) is 7.70. The second kappa shape index (κ2) is 8.20. The van der Waals surface area contributed by atoms with E-state index in [-0.39, 0.29) is 6.04 Å². The Labute approximate surface area is 147 Å². The minimum absolute atomic E-state index is 0.140. The molecule has 7 heteroatoms. The number of amides is 1. The predicted molar refractivity (Wildman–Crippen MR) is 99.8 cm³/mol. The average molecular weight is 340 g/mol. The number of nitrogen functional groups attached to an aromatic ring is 1. The highest BCUT2D eigenvalue weighted by molar-refractivity contribution is 6.05. The van der Waals surface area contributed by atoms with Crippen LogP contribution in [0.4, 0.5) is 11.5 Å². The number of anilines is 2. The molecular formula is C18H24N6O. The van der Waals surface area contributed by atoms with Gasteiger partial charge >= 0.3 is 0 Å². The SMILES string of the molecule is CC#CC(=O)Nc1cn(C(C)C)nc1-c1nc(N)c(C/C=C/CC)[nH]1. The molecule has 0 spiro atoms. The summed E-state index contributed by atoms with van der Waals surface area (Å²) < 4.78 is 1.76. The van der Waals surface area contributed by atoms with Crippen molar-refractivity contribution in [3.63, 3.8) is 0 Å². The molecule has 0 saturated carbocycles. The largest absolute Gasteiger partial charge is 0.382 e. The fraction of sp³-hybridized carbons (Fsp3) is 0.389. The molecule has 2 aromatic rings. The van der Waals surface area contributed by atoms with Gasteiger partial charge in [0.25, 0.3) is 5.91 Å². The van der Waals surface area contributed by atoms with Crippen LogP contribution in [0.1, 0.15) is 45.9 Å². The van der Waals surface area contributed by atoms with Gasteiger partial charge in [-0.2, -0.15) is 5.10 Å². The normalized spacial score (nSPS) is 10.9. The van der Waals surface area contributed by atoms with E-state index in [2.05, 4.69) is 45.2 Å². The molecule has 132 valence electrons. The molecule has 4 N–H and O–H groups in total. The molecule has 0 radical (unpaired) electrons. The highest BCUT2D eigenvalue weighted by Gasteiger charge is 2.18. The molecule has 0 aromatic carbocycles. The molecule has 2 aromatic heterocycles. The van der Waals surface area contributed by atoms with Crippen LogP contribution in [0.15, 0.2) is 18.3 Å². The molecule has 7 nitrogen and oxygen atoms in total. The minimum atomic E-state index is -0.391. The maximum Gasteiger partial charge on any atom is 0.300 e. The molecule has 0 aliphatic carbocycles. The number of nitrogens with one attached hydrogen (secondary N) is 2. The molecule has 0 saturated heterocycles. The van der Waals surface area contributed by atoms with Gasteiger partial charge < -0.3 is 16.0 Å². The number of aromatic nitrogens is 4. The summed E-state index contributed by atoms with van der Waals surface area (Å²) in [5.41, 5.74) is 7.92. The molecule has 0 fully saturated rings.